The maximum absolute atomic E-state index is 13.2. The normalized spacial score (nSPS) is 13.6. The van der Waals surface area contributed by atoms with Gasteiger partial charge in [0, 0.05) is 34.7 Å². The second-order valence-corrected chi connectivity index (χ2v) is 10.8. The number of carbonyl (C=O) groups is 1. The Morgan fingerprint density at radius 3 is 1.81 bits per heavy atom. The van der Waals surface area contributed by atoms with Gasteiger partial charge in [-0.05, 0) is 35.3 Å². The summed E-state index contributed by atoms with van der Waals surface area (Å²) in [7, 11) is -1.23. The van der Waals surface area contributed by atoms with Gasteiger partial charge in [-0.1, -0.05) is 41.5 Å². The molecular formula is C21H29NO3S2. The maximum Gasteiger partial charge on any atom is 0.194 e. The Morgan fingerprint density at radius 1 is 1.00 bits per heavy atom. The van der Waals surface area contributed by atoms with Crippen molar-refractivity contribution in [3.8, 4) is 5.75 Å². The van der Waals surface area contributed by atoms with E-state index < -0.39 is 11.0 Å². The monoisotopic (exact) mass is 407 g/mol. The van der Waals surface area contributed by atoms with Crippen LogP contribution in [-0.2, 0) is 21.8 Å². The Hall–Kier alpha value is -1.53. The number of aromatic hydroxyl groups is 1. The van der Waals surface area contributed by atoms with Crippen molar-refractivity contribution in [2.75, 3.05) is 12.5 Å². The fourth-order valence-corrected chi connectivity index (χ4v) is 4.56. The third-order valence-corrected chi connectivity index (χ3v) is 6.19. The fraction of sp³-hybridized carbons (Fsp3) is 0.476. The summed E-state index contributed by atoms with van der Waals surface area (Å²) in [5.74, 6) is 0.120. The number of nitrogens with zero attached hydrogens (tertiary/aromatic N) is 1. The Kier molecular flexibility index (Phi) is 6.02. The van der Waals surface area contributed by atoms with E-state index in [4.69, 9.17) is 0 Å². The highest BCUT2D eigenvalue weighted by Gasteiger charge is 2.28. The molecule has 6 heteroatoms. The van der Waals surface area contributed by atoms with Gasteiger partial charge in [0.05, 0.1) is 5.03 Å². The molecule has 0 amide bonds. The van der Waals surface area contributed by atoms with Gasteiger partial charge in [-0.25, -0.2) is 4.21 Å². The summed E-state index contributed by atoms with van der Waals surface area (Å²) in [6.45, 7) is 12.1. The number of hydrogen-bond donors (Lipinski definition) is 1. The minimum atomic E-state index is -1.23. The van der Waals surface area contributed by atoms with Crippen LogP contribution in [0.4, 0.5) is 0 Å². The fourth-order valence-electron chi connectivity index (χ4n) is 2.97. The van der Waals surface area contributed by atoms with Gasteiger partial charge in [0.15, 0.2) is 5.78 Å². The molecule has 1 aromatic carbocycles. The van der Waals surface area contributed by atoms with Gasteiger partial charge in [0.1, 0.15) is 16.7 Å². The van der Waals surface area contributed by atoms with Crippen LogP contribution in [0.3, 0.4) is 0 Å². The lowest BCUT2D eigenvalue weighted by molar-refractivity contribution is 0.103. The number of carbonyl (C=O) groups excluding carboxylic acids is 1. The molecule has 0 aliphatic carbocycles. The first-order chi connectivity index (χ1) is 12.3. The smallest absolute Gasteiger partial charge is 0.194 e. The summed E-state index contributed by atoms with van der Waals surface area (Å²) in [6.07, 6.45) is 5.12. The van der Waals surface area contributed by atoms with E-state index in [1.54, 1.807) is 34.6 Å². The number of benzene rings is 1. The molecule has 1 unspecified atom stereocenters. The van der Waals surface area contributed by atoms with E-state index in [9.17, 15) is 14.1 Å². The molecule has 0 spiro atoms. The minimum Gasteiger partial charge on any atom is -0.507 e. The van der Waals surface area contributed by atoms with Crippen LogP contribution in [0.1, 0.15) is 68.6 Å². The number of rotatable bonds is 4. The van der Waals surface area contributed by atoms with Crippen molar-refractivity contribution >= 4 is 28.5 Å². The number of phenolic OH excluding ortho intramolecular Hbond substituents is 1. The first-order valence-corrected chi connectivity index (χ1v) is 11.5. The van der Waals surface area contributed by atoms with Crippen molar-refractivity contribution in [1.29, 1.82) is 0 Å². The number of hydrogen-bond acceptors (Lipinski definition) is 4. The highest BCUT2D eigenvalue weighted by atomic mass is 32.2. The topological polar surface area (TPSA) is 59.3 Å². The predicted molar refractivity (Wildman–Crippen MR) is 115 cm³/mol. The van der Waals surface area contributed by atoms with E-state index in [-0.39, 0.29) is 22.4 Å². The molecule has 1 heterocycles. The molecule has 0 saturated heterocycles. The molecule has 0 bridgehead atoms. The molecule has 1 N–H and O–H groups in total. The summed E-state index contributed by atoms with van der Waals surface area (Å²) in [5.41, 5.74) is 1.93. The number of thioether (sulfide) groups is 1. The molecule has 1 atom stereocenters. The van der Waals surface area contributed by atoms with Crippen LogP contribution in [0.5, 0.6) is 5.75 Å². The predicted octanol–water partition coefficient (Wildman–Crippen LogP) is 4.88. The van der Waals surface area contributed by atoms with Crippen LogP contribution >= 0.6 is 11.8 Å². The molecule has 4 nitrogen and oxygen atoms in total. The van der Waals surface area contributed by atoms with Gasteiger partial charge >= 0.3 is 0 Å². The van der Waals surface area contributed by atoms with Gasteiger partial charge in [-0.15, -0.1) is 11.8 Å². The Morgan fingerprint density at radius 2 is 1.48 bits per heavy atom. The molecule has 2 rings (SSSR count). The largest absolute Gasteiger partial charge is 0.507 e. The van der Waals surface area contributed by atoms with Crippen molar-refractivity contribution < 1.29 is 14.1 Å². The van der Waals surface area contributed by atoms with E-state index in [2.05, 4.69) is 0 Å². The van der Waals surface area contributed by atoms with Gasteiger partial charge in [0.2, 0.25) is 0 Å². The van der Waals surface area contributed by atoms with Crippen LogP contribution in [-0.4, -0.2) is 31.6 Å². The Bertz CT molecular complexity index is 864. The summed E-state index contributed by atoms with van der Waals surface area (Å²) in [4.78, 5) is 13.2. The third-order valence-electron chi connectivity index (χ3n) is 4.49. The van der Waals surface area contributed by atoms with E-state index in [0.29, 0.717) is 11.1 Å². The zero-order valence-electron chi connectivity index (χ0n) is 17.3. The summed E-state index contributed by atoms with van der Waals surface area (Å²) >= 11 is 1.45. The molecule has 2 aromatic rings. The Balaban J connectivity index is 2.68. The van der Waals surface area contributed by atoms with E-state index >= 15 is 0 Å². The summed E-state index contributed by atoms with van der Waals surface area (Å²) < 4.78 is 13.5. The zero-order chi connectivity index (χ0) is 20.7. The van der Waals surface area contributed by atoms with Gasteiger partial charge in [-0.3, -0.25) is 8.77 Å². The number of ketones is 1. The summed E-state index contributed by atoms with van der Waals surface area (Å²) in [6, 6.07) is 5.34. The number of aromatic nitrogens is 1. The molecule has 0 radical (unpaired) electrons. The lowest BCUT2D eigenvalue weighted by Crippen LogP contribution is -2.19. The standard InChI is InChI=1S/C21H29NO3S2/c1-20(2,3)15-9-13(10-16(19(15)24)21(4,5)6)18(23)14-11-17(26-7)22(12-14)27(8)25/h9-12,24H,1-8H3. The molecule has 148 valence electrons. The van der Waals surface area contributed by atoms with Crippen LogP contribution in [0, 0.1) is 0 Å². The number of phenols is 1. The first kappa shape index (κ1) is 21.8. The van der Waals surface area contributed by atoms with E-state index in [0.717, 1.165) is 16.2 Å². The molecule has 0 aliphatic heterocycles. The molecule has 0 fully saturated rings. The van der Waals surface area contributed by atoms with Gasteiger partial charge in [0.25, 0.3) is 0 Å². The highest BCUT2D eigenvalue weighted by molar-refractivity contribution is 7.99. The first-order valence-electron chi connectivity index (χ1n) is 8.80. The zero-order valence-corrected chi connectivity index (χ0v) is 19.0. The van der Waals surface area contributed by atoms with E-state index in [1.807, 2.05) is 47.8 Å². The minimum absolute atomic E-state index is 0.134. The lowest BCUT2D eigenvalue weighted by Gasteiger charge is -2.28. The molecule has 1 aromatic heterocycles. The molecule has 27 heavy (non-hydrogen) atoms. The van der Waals surface area contributed by atoms with Crippen LogP contribution in [0.2, 0.25) is 0 Å². The second-order valence-electron chi connectivity index (χ2n) is 8.77. The third kappa shape index (κ3) is 4.49. The summed E-state index contributed by atoms with van der Waals surface area (Å²) in [5, 5.41) is 11.6. The van der Waals surface area contributed by atoms with Gasteiger partial charge in [-0.2, -0.15) is 0 Å². The van der Waals surface area contributed by atoms with Crippen molar-refractivity contribution in [2.24, 2.45) is 0 Å². The van der Waals surface area contributed by atoms with Crippen LogP contribution in [0.25, 0.3) is 0 Å². The Labute approximate surface area is 169 Å². The van der Waals surface area contributed by atoms with Crippen LogP contribution in [0.15, 0.2) is 29.4 Å². The SMILES string of the molecule is CSc1cc(C(=O)c2cc(C(C)(C)C)c(O)c(C(C)(C)C)c2)cn1S(C)=O. The second kappa shape index (κ2) is 7.47. The lowest BCUT2D eigenvalue weighted by atomic mass is 9.78. The van der Waals surface area contributed by atoms with Crippen LogP contribution < -0.4 is 0 Å². The molecule has 0 saturated carbocycles. The van der Waals surface area contributed by atoms with Crippen molar-refractivity contribution in [3.05, 3.63) is 46.6 Å². The van der Waals surface area contributed by atoms with Crippen molar-refractivity contribution in [1.82, 2.24) is 3.97 Å². The van der Waals surface area contributed by atoms with Crippen molar-refractivity contribution in [2.45, 2.75) is 57.4 Å². The average Bonchev–Trinajstić information content (AvgIpc) is 2.96. The molecule has 0 aliphatic rings. The molecular weight excluding hydrogens is 378 g/mol. The highest BCUT2D eigenvalue weighted by Crippen LogP contribution is 2.40. The quantitative estimate of drug-likeness (QED) is 0.579. The van der Waals surface area contributed by atoms with Crippen molar-refractivity contribution in [3.63, 3.8) is 0 Å². The average molecular weight is 408 g/mol. The maximum atomic E-state index is 13.2. The van der Waals surface area contributed by atoms with E-state index in [1.165, 1.54) is 11.8 Å². The van der Waals surface area contributed by atoms with Gasteiger partial charge < -0.3 is 5.11 Å².